The standard InChI is InChI=1S/C12H15F2N.ClH/c13-12(14)6-11(7-12)9-15-8-10-4-2-1-3-5-10;/h1-5,11,15H,6-9H2;1H. The van der Waals surface area contributed by atoms with Crippen LogP contribution in [0, 0.1) is 5.92 Å². The predicted octanol–water partition coefficient (Wildman–Crippen LogP) is 3.24. The molecule has 1 aromatic rings. The van der Waals surface area contributed by atoms with Crippen LogP contribution in [0.5, 0.6) is 0 Å². The van der Waals surface area contributed by atoms with Crippen LogP contribution in [-0.2, 0) is 6.54 Å². The lowest BCUT2D eigenvalue weighted by molar-refractivity contribution is -0.109. The predicted molar refractivity (Wildman–Crippen MR) is 63.1 cm³/mol. The molecule has 1 N–H and O–H groups in total. The Bertz CT molecular complexity index is 308. The minimum atomic E-state index is -2.39. The van der Waals surface area contributed by atoms with Gasteiger partial charge in [0, 0.05) is 19.4 Å². The van der Waals surface area contributed by atoms with Crippen LogP contribution < -0.4 is 5.32 Å². The molecule has 0 heterocycles. The average Bonchev–Trinajstić information content (AvgIpc) is 2.16. The molecule has 16 heavy (non-hydrogen) atoms. The van der Waals surface area contributed by atoms with Gasteiger partial charge in [-0.1, -0.05) is 30.3 Å². The lowest BCUT2D eigenvalue weighted by Gasteiger charge is -2.35. The van der Waals surface area contributed by atoms with Gasteiger partial charge >= 0.3 is 0 Å². The summed E-state index contributed by atoms with van der Waals surface area (Å²) in [5.41, 5.74) is 1.20. The van der Waals surface area contributed by atoms with Crippen LogP contribution in [0.4, 0.5) is 8.78 Å². The molecule has 0 bridgehead atoms. The first-order valence-corrected chi connectivity index (χ1v) is 5.28. The average molecular weight is 248 g/mol. The Labute approximate surface area is 101 Å². The Hall–Kier alpha value is -0.670. The van der Waals surface area contributed by atoms with E-state index in [-0.39, 0.29) is 31.2 Å². The summed E-state index contributed by atoms with van der Waals surface area (Å²) < 4.78 is 25.0. The normalized spacial score (nSPS) is 18.6. The van der Waals surface area contributed by atoms with Crippen molar-refractivity contribution in [1.82, 2.24) is 5.32 Å². The molecule has 0 aromatic heterocycles. The molecule has 0 spiro atoms. The largest absolute Gasteiger partial charge is 0.312 e. The molecular formula is C12H16ClF2N. The topological polar surface area (TPSA) is 12.0 Å². The van der Waals surface area contributed by atoms with Crippen LogP contribution in [0.2, 0.25) is 0 Å². The van der Waals surface area contributed by atoms with Crippen molar-refractivity contribution in [2.24, 2.45) is 5.92 Å². The highest BCUT2D eigenvalue weighted by atomic mass is 35.5. The second kappa shape index (κ2) is 5.60. The maximum Gasteiger partial charge on any atom is 0.248 e. The molecule has 0 amide bonds. The van der Waals surface area contributed by atoms with Crippen LogP contribution >= 0.6 is 12.4 Å². The highest BCUT2D eigenvalue weighted by molar-refractivity contribution is 5.85. The number of benzene rings is 1. The van der Waals surface area contributed by atoms with Gasteiger partial charge in [0.15, 0.2) is 0 Å². The van der Waals surface area contributed by atoms with Gasteiger partial charge in [-0.05, 0) is 18.0 Å². The molecule has 1 aliphatic carbocycles. The van der Waals surface area contributed by atoms with Crippen LogP contribution in [0.25, 0.3) is 0 Å². The molecular weight excluding hydrogens is 232 g/mol. The third-order valence-electron chi connectivity index (χ3n) is 2.78. The van der Waals surface area contributed by atoms with Crippen molar-refractivity contribution in [2.75, 3.05) is 6.54 Å². The van der Waals surface area contributed by atoms with Gasteiger partial charge in [-0.25, -0.2) is 8.78 Å². The van der Waals surface area contributed by atoms with E-state index >= 15 is 0 Å². The Morgan fingerprint density at radius 3 is 2.38 bits per heavy atom. The molecule has 0 saturated heterocycles. The quantitative estimate of drug-likeness (QED) is 0.861. The van der Waals surface area contributed by atoms with Gasteiger partial charge in [0.1, 0.15) is 0 Å². The summed E-state index contributed by atoms with van der Waals surface area (Å²) in [6.45, 7) is 1.47. The third kappa shape index (κ3) is 3.72. The zero-order valence-corrected chi connectivity index (χ0v) is 9.77. The Kier molecular flexibility index (Phi) is 4.69. The first kappa shape index (κ1) is 13.4. The fraction of sp³-hybridized carbons (Fsp3) is 0.500. The number of hydrogen-bond acceptors (Lipinski definition) is 1. The Balaban J connectivity index is 0.00000128. The van der Waals surface area contributed by atoms with Gasteiger partial charge < -0.3 is 5.32 Å². The van der Waals surface area contributed by atoms with E-state index in [0.717, 1.165) is 6.54 Å². The molecule has 0 unspecified atom stereocenters. The van der Waals surface area contributed by atoms with Crippen molar-refractivity contribution in [2.45, 2.75) is 25.3 Å². The number of rotatable bonds is 4. The molecule has 0 aliphatic heterocycles. The van der Waals surface area contributed by atoms with E-state index in [9.17, 15) is 8.78 Å². The highest BCUT2D eigenvalue weighted by Crippen LogP contribution is 2.41. The van der Waals surface area contributed by atoms with Crippen molar-refractivity contribution in [3.8, 4) is 0 Å². The Morgan fingerprint density at radius 2 is 1.81 bits per heavy atom. The molecule has 1 aliphatic rings. The lowest BCUT2D eigenvalue weighted by Crippen LogP contribution is -2.40. The van der Waals surface area contributed by atoms with E-state index in [1.54, 1.807) is 0 Å². The number of alkyl halides is 2. The van der Waals surface area contributed by atoms with Crippen LogP contribution in [0.15, 0.2) is 30.3 Å². The summed E-state index contributed by atoms with van der Waals surface area (Å²) in [4.78, 5) is 0. The van der Waals surface area contributed by atoms with E-state index < -0.39 is 5.92 Å². The van der Waals surface area contributed by atoms with E-state index in [1.165, 1.54) is 5.56 Å². The van der Waals surface area contributed by atoms with Gasteiger partial charge in [-0.3, -0.25) is 0 Å². The second-order valence-electron chi connectivity index (χ2n) is 4.25. The van der Waals surface area contributed by atoms with Crippen molar-refractivity contribution in [3.63, 3.8) is 0 Å². The maximum atomic E-state index is 12.5. The zero-order chi connectivity index (χ0) is 10.7. The van der Waals surface area contributed by atoms with Gasteiger partial charge in [-0.2, -0.15) is 0 Å². The first-order valence-electron chi connectivity index (χ1n) is 5.28. The first-order chi connectivity index (χ1) is 7.16. The van der Waals surface area contributed by atoms with Crippen LogP contribution in [0.1, 0.15) is 18.4 Å². The summed E-state index contributed by atoms with van der Waals surface area (Å²) in [7, 11) is 0. The van der Waals surface area contributed by atoms with E-state index in [0.29, 0.717) is 6.54 Å². The maximum absolute atomic E-state index is 12.5. The summed E-state index contributed by atoms with van der Waals surface area (Å²) in [6, 6.07) is 9.99. The van der Waals surface area contributed by atoms with Crippen molar-refractivity contribution < 1.29 is 8.78 Å². The summed E-state index contributed by atoms with van der Waals surface area (Å²) in [5.74, 6) is -2.23. The van der Waals surface area contributed by atoms with Gasteiger partial charge in [0.25, 0.3) is 0 Å². The van der Waals surface area contributed by atoms with Crippen molar-refractivity contribution in [3.05, 3.63) is 35.9 Å². The zero-order valence-electron chi connectivity index (χ0n) is 8.96. The molecule has 1 saturated carbocycles. The van der Waals surface area contributed by atoms with Crippen LogP contribution in [-0.4, -0.2) is 12.5 Å². The molecule has 1 fully saturated rings. The fourth-order valence-corrected chi connectivity index (χ4v) is 1.95. The molecule has 1 nitrogen and oxygen atoms in total. The highest BCUT2D eigenvalue weighted by Gasteiger charge is 2.44. The summed E-state index contributed by atoms with van der Waals surface area (Å²) in [6.07, 6.45) is 0.101. The number of hydrogen-bond donors (Lipinski definition) is 1. The van der Waals surface area contributed by atoms with E-state index in [2.05, 4.69) is 5.32 Å². The molecule has 4 heteroatoms. The minimum Gasteiger partial charge on any atom is -0.312 e. The lowest BCUT2D eigenvalue weighted by atomic mass is 9.81. The van der Waals surface area contributed by atoms with Crippen molar-refractivity contribution >= 4 is 12.4 Å². The molecule has 0 atom stereocenters. The smallest absolute Gasteiger partial charge is 0.248 e. The summed E-state index contributed by atoms with van der Waals surface area (Å²) >= 11 is 0. The third-order valence-corrected chi connectivity index (χ3v) is 2.78. The van der Waals surface area contributed by atoms with Gasteiger partial charge in [0.2, 0.25) is 5.92 Å². The van der Waals surface area contributed by atoms with E-state index in [4.69, 9.17) is 0 Å². The SMILES string of the molecule is Cl.FC1(F)CC(CNCc2ccccc2)C1. The number of nitrogens with one attached hydrogen (secondary N) is 1. The second-order valence-corrected chi connectivity index (χ2v) is 4.25. The van der Waals surface area contributed by atoms with Crippen LogP contribution in [0.3, 0.4) is 0 Å². The molecule has 90 valence electrons. The van der Waals surface area contributed by atoms with Crippen molar-refractivity contribution in [1.29, 1.82) is 0 Å². The van der Waals surface area contributed by atoms with E-state index in [1.807, 2.05) is 30.3 Å². The molecule has 1 aromatic carbocycles. The monoisotopic (exact) mass is 247 g/mol. The van der Waals surface area contributed by atoms with Gasteiger partial charge in [-0.15, -0.1) is 12.4 Å². The summed E-state index contributed by atoms with van der Waals surface area (Å²) in [5, 5.41) is 3.21. The Morgan fingerprint density at radius 1 is 1.19 bits per heavy atom. The minimum absolute atomic E-state index is 0. The molecule has 0 radical (unpaired) electrons. The number of halogens is 3. The fourth-order valence-electron chi connectivity index (χ4n) is 1.95. The molecule has 2 rings (SSSR count). The van der Waals surface area contributed by atoms with Gasteiger partial charge in [0.05, 0.1) is 0 Å².